The molecule has 1 spiro atoms. The summed E-state index contributed by atoms with van der Waals surface area (Å²) >= 11 is 0. The minimum atomic E-state index is -0.576. The number of nitrogens with zero attached hydrogens (tertiary/aromatic N) is 1. The largest absolute Gasteiger partial charge is 0.497 e. The van der Waals surface area contributed by atoms with Crippen molar-refractivity contribution in [2.45, 2.75) is 57.7 Å². The Bertz CT molecular complexity index is 990. The number of hydrogen-bond acceptors (Lipinski definition) is 5. The molecule has 0 aliphatic carbocycles. The van der Waals surface area contributed by atoms with Crippen LogP contribution in [0.3, 0.4) is 0 Å². The van der Waals surface area contributed by atoms with Gasteiger partial charge in [0.25, 0.3) is 5.91 Å². The van der Waals surface area contributed by atoms with E-state index in [-0.39, 0.29) is 11.7 Å². The van der Waals surface area contributed by atoms with Crippen molar-refractivity contribution in [1.29, 1.82) is 0 Å². The number of methoxy groups -OCH3 is 1. The van der Waals surface area contributed by atoms with Crippen LogP contribution in [0.1, 0.15) is 61.9 Å². The van der Waals surface area contributed by atoms with Gasteiger partial charge < -0.3 is 19.1 Å². The van der Waals surface area contributed by atoms with Crippen molar-refractivity contribution in [1.82, 2.24) is 4.90 Å². The summed E-state index contributed by atoms with van der Waals surface area (Å²) in [7, 11) is 1.59. The molecule has 0 aromatic heterocycles. The Morgan fingerprint density at radius 3 is 2.31 bits per heavy atom. The van der Waals surface area contributed by atoms with Crippen molar-refractivity contribution in [3.8, 4) is 17.2 Å². The summed E-state index contributed by atoms with van der Waals surface area (Å²) in [5, 5.41) is 0. The number of rotatable bonds is 5. The molecule has 0 bridgehead atoms. The third kappa shape index (κ3) is 4.45. The Balaban J connectivity index is 1.37. The number of benzene rings is 2. The molecule has 6 heteroatoms. The van der Waals surface area contributed by atoms with Gasteiger partial charge in [-0.05, 0) is 42.7 Å². The Kier molecular flexibility index (Phi) is 6.13. The Labute approximate surface area is 189 Å². The molecule has 1 unspecified atom stereocenters. The van der Waals surface area contributed by atoms with E-state index in [2.05, 4.69) is 13.8 Å². The minimum Gasteiger partial charge on any atom is -0.497 e. The molecule has 2 aliphatic rings. The number of hydrogen-bond donors (Lipinski definition) is 0. The minimum absolute atomic E-state index is 0.0445. The molecule has 4 rings (SSSR count). The summed E-state index contributed by atoms with van der Waals surface area (Å²) in [6.07, 6.45) is 0.976. The van der Waals surface area contributed by atoms with E-state index < -0.39 is 11.7 Å². The quantitative estimate of drug-likeness (QED) is 0.683. The molecular weight excluding hydrogens is 406 g/mol. The van der Waals surface area contributed by atoms with E-state index in [4.69, 9.17) is 14.2 Å². The van der Waals surface area contributed by atoms with Crippen molar-refractivity contribution in [2.75, 3.05) is 20.2 Å². The van der Waals surface area contributed by atoms with Gasteiger partial charge >= 0.3 is 0 Å². The van der Waals surface area contributed by atoms with Crippen LogP contribution in [0.25, 0.3) is 0 Å². The molecule has 2 aromatic rings. The van der Waals surface area contributed by atoms with Gasteiger partial charge in [-0.3, -0.25) is 9.59 Å². The molecule has 1 saturated heterocycles. The zero-order chi connectivity index (χ0) is 22.9. The first kappa shape index (κ1) is 22.2. The maximum Gasteiger partial charge on any atom is 0.263 e. The lowest BCUT2D eigenvalue weighted by Gasteiger charge is -2.44. The molecule has 170 valence electrons. The molecule has 32 heavy (non-hydrogen) atoms. The summed E-state index contributed by atoms with van der Waals surface area (Å²) in [5.74, 6) is 2.41. The number of likely N-dealkylation sites (tertiary alicyclic amines) is 1. The summed E-state index contributed by atoms with van der Waals surface area (Å²) in [4.78, 5) is 27.5. The van der Waals surface area contributed by atoms with Gasteiger partial charge in [0, 0.05) is 32.0 Å². The van der Waals surface area contributed by atoms with Crippen LogP contribution in [0.2, 0.25) is 0 Å². The lowest BCUT2D eigenvalue weighted by molar-refractivity contribution is -0.141. The van der Waals surface area contributed by atoms with Crippen LogP contribution in [0.5, 0.6) is 17.2 Å². The number of amides is 1. The van der Waals surface area contributed by atoms with Gasteiger partial charge in [-0.1, -0.05) is 26.0 Å². The second kappa shape index (κ2) is 8.85. The van der Waals surface area contributed by atoms with Crippen LogP contribution >= 0.6 is 0 Å². The average Bonchev–Trinajstić information content (AvgIpc) is 2.79. The van der Waals surface area contributed by atoms with E-state index in [1.807, 2.05) is 29.2 Å². The molecule has 2 heterocycles. The van der Waals surface area contributed by atoms with Crippen LogP contribution < -0.4 is 14.2 Å². The number of fused-ring (bicyclic) bond motifs is 1. The highest BCUT2D eigenvalue weighted by Gasteiger charge is 2.44. The number of ketones is 1. The van der Waals surface area contributed by atoms with Gasteiger partial charge in [-0.15, -0.1) is 0 Å². The van der Waals surface area contributed by atoms with Gasteiger partial charge in [0.2, 0.25) is 0 Å². The van der Waals surface area contributed by atoms with E-state index in [9.17, 15) is 9.59 Å². The van der Waals surface area contributed by atoms with E-state index in [1.165, 1.54) is 5.56 Å². The number of ether oxygens (including phenoxy) is 3. The molecule has 0 N–H and O–H groups in total. The van der Waals surface area contributed by atoms with Gasteiger partial charge in [0.05, 0.1) is 19.1 Å². The third-order valence-electron chi connectivity index (χ3n) is 6.49. The topological polar surface area (TPSA) is 65.1 Å². The standard InChI is InChI=1S/C26H31NO5/c1-17(2)19-5-7-20(8-6-19)31-18(3)25(29)27-13-11-26(12-14-27)16-23(28)22-10-9-21(30-4)15-24(22)32-26/h5-10,15,17-18H,11-14,16H2,1-4H3. The highest BCUT2D eigenvalue weighted by molar-refractivity contribution is 6.00. The average molecular weight is 438 g/mol. The zero-order valence-corrected chi connectivity index (χ0v) is 19.2. The monoisotopic (exact) mass is 437 g/mol. The van der Waals surface area contributed by atoms with Crippen molar-refractivity contribution in [3.05, 3.63) is 53.6 Å². The van der Waals surface area contributed by atoms with Crippen molar-refractivity contribution in [3.63, 3.8) is 0 Å². The number of carbonyl (C=O) groups excluding carboxylic acids is 2. The number of carbonyl (C=O) groups is 2. The van der Waals surface area contributed by atoms with Crippen LogP contribution in [0, 0.1) is 0 Å². The van der Waals surface area contributed by atoms with Gasteiger partial charge in [-0.2, -0.15) is 0 Å². The highest BCUT2D eigenvalue weighted by atomic mass is 16.5. The summed E-state index contributed by atoms with van der Waals surface area (Å²) in [6.45, 7) is 7.14. The molecular formula is C26H31NO5. The summed E-state index contributed by atoms with van der Waals surface area (Å²) < 4.78 is 17.5. The fourth-order valence-electron chi connectivity index (χ4n) is 4.46. The Hall–Kier alpha value is -3.02. The molecule has 0 saturated carbocycles. The van der Waals surface area contributed by atoms with E-state index in [0.717, 1.165) is 0 Å². The lowest BCUT2D eigenvalue weighted by atomic mass is 9.82. The SMILES string of the molecule is COc1ccc2c(c1)OC1(CCN(C(=O)C(C)Oc3ccc(C(C)C)cc3)CC1)CC2=O. The van der Waals surface area contributed by atoms with E-state index in [0.29, 0.717) is 61.1 Å². The lowest BCUT2D eigenvalue weighted by Crippen LogP contribution is -2.54. The first-order valence-corrected chi connectivity index (χ1v) is 11.3. The maximum atomic E-state index is 13.0. The highest BCUT2D eigenvalue weighted by Crippen LogP contribution is 2.40. The van der Waals surface area contributed by atoms with Crippen LogP contribution in [0.4, 0.5) is 0 Å². The summed E-state index contributed by atoms with van der Waals surface area (Å²) in [6, 6.07) is 13.2. The normalized spacial score (nSPS) is 18.2. The first-order valence-electron chi connectivity index (χ1n) is 11.3. The van der Waals surface area contributed by atoms with E-state index >= 15 is 0 Å². The molecule has 1 atom stereocenters. The Morgan fingerprint density at radius 1 is 1.03 bits per heavy atom. The molecule has 0 radical (unpaired) electrons. The molecule has 2 aromatic carbocycles. The van der Waals surface area contributed by atoms with Crippen molar-refractivity contribution < 1.29 is 23.8 Å². The van der Waals surface area contributed by atoms with Gasteiger partial charge in [-0.25, -0.2) is 0 Å². The molecule has 6 nitrogen and oxygen atoms in total. The third-order valence-corrected chi connectivity index (χ3v) is 6.49. The van der Waals surface area contributed by atoms with Gasteiger partial charge in [0.15, 0.2) is 11.9 Å². The number of Topliss-reactive ketones (excluding diaryl/α,β-unsaturated/α-hetero) is 1. The first-order chi connectivity index (χ1) is 15.3. The maximum absolute atomic E-state index is 13.0. The second-order valence-corrected chi connectivity index (χ2v) is 9.06. The van der Waals surface area contributed by atoms with E-state index in [1.54, 1.807) is 32.2 Å². The predicted molar refractivity (Wildman–Crippen MR) is 122 cm³/mol. The smallest absolute Gasteiger partial charge is 0.263 e. The predicted octanol–water partition coefficient (Wildman–Crippen LogP) is 4.61. The fourth-order valence-corrected chi connectivity index (χ4v) is 4.46. The van der Waals surface area contributed by atoms with Gasteiger partial charge in [0.1, 0.15) is 22.8 Å². The number of piperidine rings is 1. The van der Waals surface area contributed by atoms with Crippen LogP contribution in [-0.4, -0.2) is 48.5 Å². The van der Waals surface area contributed by atoms with Crippen molar-refractivity contribution >= 4 is 11.7 Å². The Morgan fingerprint density at radius 2 is 1.69 bits per heavy atom. The zero-order valence-electron chi connectivity index (χ0n) is 19.2. The molecule has 1 fully saturated rings. The van der Waals surface area contributed by atoms with Crippen molar-refractivity contribution in [2.24, 2.45) is 0 Å². The van der Waals surface area contributed by atoms with Crippen LogP contribution in [0.15, 0.2) is 42.5 Å². The molecule has 1 amide bonds. The molecule has 2 aliphatic heterocycles. The van der Waals surface area contributed by atoms with Crippen LogP contribution in [-0.2, 0) is 4.79 Å². The summed E-state index contributed by atoms with van der Waals surface area (Å²) in [5.41, 5.74) is 1.27. The second-order valence-electron chi connectivity index (χ2n) is 9.06. The fraction of sp³-hybridized carbons (Fsp3) is 0.462.